The summed E-state index contributed by atoms with van der Waals surface area (Å²) < 4.78 is 0. The van der Waals surface area contributed by atoms with Crippen molar-refractivity contribution in [3.63, 3.8) is 0 Å². The van der Waals surface area contributed by atoms with Crippen LogP contribution in [0.3, 0.4) is 0 Å². The molecular weight excluding hydrogens is 238 g/mol. The molecule has 5 nitrogen and oxygen atoms in total. The Hall–Kier alpha value is -1.36. The molecule has 19 heavy (non-hydrogen) atoms. The SMILES string of the molecule is N[C@H]1CCN(c2cnnc(NCC3CCCC3)c2)C1. The lowest BCUT2D eigenvalue weighted by Gasteiger charge is -2.18. The lowest BCUT2D eigenvalue weighted by atomic mass is 10.1. The molecule has 2 aliphatic rings. The molecule has 0 unspecified atom stereocenters. The highest BCUT2D eigenvalue weighted by Crippen LogP contribution is 2.25. The molecular formula is C14H23N5. The van der Waals surface area contributed by atoms with Crippen LogP contribution in [0.25, 0.3) is 0 Å². The van der Waals surface area contributed by atoms with Crippen molar-refractivity contribution in [2.45, 2.75) is 38.1 Å². The van der Waals surface area contributed by atoms with E-state index in [0.717, 1.165) is 43.5 Å². The molecule has 1 atom stereocenters. The quantitative estimate of drug-likeness (QED) is 0.862. The summed E-state index contributed by atoms with van der Waals surface area (Å²) in [5.41, 5.74) is 7.08. The standard InChI is InChI=1S/C14H23N5/c15-12-5-6-19(10-12)13-7-14(18-17-9-13)16-8-11-3-1-2-4-11/h7,9,11-12H,1-6,8,10,15H2,(H,16,18)/t12-/m0/s1. The summed E-state index contributed by atoms with van der Waals surface area (Å²) in [6, 6.07) is 2.39. The van der Waals surface area contributed by atoms with Gasteiger partial charge in [-0.25, -0.2) is 0 Å². The number of rotatable bonds is 4. The number of anilines is 2. The molecule has 0 aromatic carbocycles. The molecule has 0 radical (unpaired) electrons. The van der Waals surface area contributed by atoms with Gasteiger partial charge in [0.1, 0.15) is 0 Å². The predicted octanol–water partition coefficient (Wildman–Crippen LogP) is 1.62. The van der Waals surface area contributed by atoms with Gasteiger partial charge in [0.25, 0.3) is 0 Å². The van der Waals surface area contributed by atoms with Crippen molar-refractivity contribution < 1.29 is 0 Å². The van der Waals surface area contributed by atoms with E-state index >= 15 is 0 Å². The maximum atomic E-state index is 5.95. The van der Waals surface area contributed by atoms with Crippen LogP contribution < -0.4 is 16.0 Å². The first-order valence-corrected chi connectivity index (χ1v) is 7.38. The summed E-state index contributed by atoms with van der Waals surface area (Å²) in [5.74, 6) is 1.70. The minimum atomic E-state index is 0.295. The largest absolute Gasteiger partial charge is 0.369 e. The second-order valence-corrected chi connectivity index (χ2v) is 5.83. The summed E-state index contributed by atoms with van der Waals surface area (Å²) >= 11 is 0. The van der Waals surface area contributed by atoms with Crippen molar-refractivity contribution >= 4 is 11.5 Å². The van der Waals surface area contributed by atoms with E-state index in [4.69, 9.17) is 5.73 Å². The molecule has 0 bridgehead atoms. The van der Waals surface area contributed by atoms with Crippen molar-refractivity contribution in [2.24, 2.45) is 11.7 Å². The van der Waals surface area contributed by atoms with Gasteiger partial charge < -0.3 is 16.0 Å². The van der Waals surface area contributed by atoms with Gasteiger partial charge in [-0.3, -0.25) is 0 Å². The van der Waals surface area contributed by atoms with Crippen LogP contribution >= 0.6 is 0 Å². The zero-order valence-electron chi connectivity index (χ0n) is 11.4. The fourth-order valence-electron chi connectivity index (χ4n) is 3.10. The highest BCUT2D eigenvalue weighted by molar-refractivity contribution is 5.52. The first-order chi connectivity index (χ1) is 9.31. The van der Waals surface area contributed by atoms with Gasteiger partial charge >= 0.3 is 0 Å². The van der Waals surface area contributed by atoms with Crippen LogP contribution in [0.4, 0.5) is 11.5 Å². The smallest absolute Gasteiger partial charge is 0.150 e. The summed E-state index contributed by atoms with van der Waals surface area (Å²) in [6.07, 6.45) is 8.35. The number of nitrogens with two attached hydrogens (primary N) is 1. The van der Waals surface area contributed by atoms with Crippen molar-refractivity contribution in [3.05, 3.63) is 12.3 Å². The Morgan fingerprint density at radius 2 is 2.16 bits per heavy atom. The van der Waals surface area contributed by atoms with E-state index in [2.05, 4.69) is 26.5 Å². The van der Waals surface area contributed by atoms with Crippen molar-refractivity contribution in [3.8, 4) is 0 Å². The zero-order chi connectivity index (χ0) is 13.1. The minimum absolute atomic E-state index is 0.295. The average molecular weight is 261 g/mol. The molecule has 1 aliphatic carbocycles. The topological polar surface area (TPSA) is 67.1 Å². The second-order valence-electron chi connectivity index (χ2n) is 5.83. The number of nitrogens with zero attached hydrogens (tertiary/aromatic N) is 3. The average Bonchev–Trinajstić information content (AvgIpc) is 3.08. The third-order valence-electron chi connectivity index (χ3n) is 4.28. The highest BCUT2D eigenvalue weighted by Gasteiger charge is 2.20. The van der Waals surface area contributed by atoms with E-state index in [-0.39, 0.29) is 0 Å². The number of hydrogen-bond acceptors (Lipinski definition) is 5. The van der Waals surface area contributed by atoms with Gasteiger partial charge in [-0.05, 0) is 25.2 Å². The van der Waals surface area contributed by atoms with Crippen LogP contribution in [0.5, 0.6) is 0 Å². The first-order valence-electron chi connectivity index (χ1n) is 7.38. The molecule has 3 rings (SSSR count). The fourth-order valence-corrected chi connectivity index (χ4v) is 3.10. The van der Waals surface area contributed by atoms with Crippen LogP contribution in [0.2, 0.25) is 0 Å². The molecule has 1 aliphatic heterocycles. The van der Waals surface area contributed by atoms with E-state index in [1.54, 1.807) is 0 Å². The fraction of sp³-hybridized carbons (Fsp3) is 0.714. The number of nitrogens with one attached hydrogen (secondary N) is 1. The summed E-state index contributed by atoms with van der Waals surface area (Å²) in [6.45, 7) is 2.97. The van der Waals surface area contributed by atoms with Crippen LogP contribution in [0, 0.1) is 5.92 Å². The van der Waals surface area contributed by atoms with Crippen LogP contribution in [0.1, 0.15) is 32.1 Å². The number of hydrogen-bond donors (Lipinski definition) is 2. The molecule has 1 aromatic rings. The minimum Gasteiger partial charge on any atom is -0.369 e. The number of aromatic nitrogens is 2. The van der Waals surface area contributed by atoms with Crippen molar-refractivity contribution in [1.82, 2.24) is 10.2 Å². The van der Waals surface area contributed by atoms with Crippen LogP contribution in [0.15, 0.2) is 12.3 Å². The van der Waals surface area contributed by atoms with Gasteiger partial charge in [0.2, 0.25) is 0 Å². The van der Waals surface area contributed by atoms with Crippen LogP contribution in [-0.2, 0) is 0 Å². The predicted molar refractivity (Wildman–Crippen MR) is 77.3 cm³/mol. The summed E-state index contributed by atoms with van der Waals surface area (Å²) in [5, 5.41) is 11.7. The first kappa shape index (κ1) is 12.7. The lowest BCUT2D eigenvalue weighted by molar-refractivity contribution is 0.578. The third kappa shape index (κ3) is 3.15. The Labute approximate surface area is 114 Å². The van der Waals surface area contributed by atoms with Gasteiger partial charge in [0, 0.05) is 31.7 Å². The van der Waals surface area contributed by atoms with Crippen LogP contribution in [-0.4, -0.2) is 35.9 Å². The molecule has 2 fully saturated rings. The molecule has 2 heterocycles. The normalized spacial score (nSPS) is 24.1. The van der Waals surface area contributed by atoms with Gasteiger partial charge in [0.15, 0.2) is 5.82 Å². The monoisotopic (exact) mass is 261 g/mol. The summed E-state index contributed by atoms with van der Waals surface area (Å²) in [4.78, 5) is 2.29. The summed E-state index contributed by atoms with van der Waals surface area (Å²) in [7, 11) is 0. The molecule has 104 valence electrons. The maximum absolute atomic E-state index is 5.95. The lowest BCUT2D eigenvalue weighted by Crippen LogP contribution is -2.26. The molecule has 3 N–H and O–H groups in total. The molecule has 0 amide bonds. The van der Waals surface area contributed by atoms with E-state index in [0.29, 0.717) is 6.04 Å². The molecule has 1 aromatic heterocycles. The Balaban J connectivity index is 1.59. The zero-order valence-corrected chi connectivity index (χ0v) is 11.4. The van der Waals surface area contributed by atoms with Crippen molar-refractivity contribution in [1.29, 1.82) is 0 Å². The molecule has 5 heteroatoms. The third-order valence-corrected chi connectivity index (χ3v) is 4.28. The van der Waals surface area contributed by atoms with Gasteiger partial charge in [-0.15, -0.1) is 5.10 Å². The van der Waals surface area contributed by atoms with E-state index in [9.17, 15) is 0 Å². The van der Waals surface area contributed by atoms with E-state index < -0.39 is 0 Å². The Morgan fingerprint density at radius 3 is 2.89 bits per heavy atom. The molecule has 0 spiro atoms. The van der Waals surface area contributed by atoms with Gasteiger partial charge in [-0.1, -0.05) is 12.8 Å². The molecule has 1 saturated carbocycles. The van der Waals surface area contributed by atoms with Crippen molar-refractivity contribution in [2.75, 3.05) is 29.9 Å². The maximum Gasteiger partial charge on any atom is 0.150 e. The Bertz CT molecular complexity index is 416. The van der Waals surface area contributed by atoms with Gasteiger partial charge in [-0.2, -0.15) is 5.10 Å². The second kappa shape index (κ2) is 5.74. The van der Waals surface area contributed by atoms with E-state index in [1.165, 1.54) is 25.7 Å². The van der Waals surface area contributed by atoms with E-state index in [1.807, 2.05) is 6.20 Å². The van der Waals surface area contributed by atoms with Gasteiger partial charge in [0.05, 0.1) is 11.9 Å². The molecule has 1 saturated heterocycles. The highest BCUT2D eigenvalue weighted by atomic mass is 15.2. The Morgan fingerprint density at radius 1 is 1.32 bits per heavy atom. The Kier molecular flexibility index (Phi) is 3.82.